The zero-order valence-corrected chi connectivity index (χ0v) is 10.6. The van der Waals surface area contributed by atoms with Gasteiger partial charge in [0.05, 0.1) is 11.7 Å². The van der Waals surface area contributed by atoms with Crippen LogP contribution in [0.15, 0.2) is 0 Å². The summed E-state index contributed by atoms with van der Waals surface area (Å²) in [6, 6.07) is -0.229. The molecule has 1 heterocycles. The average Bonchev–Trinajstić information content (AvgIpc) is 2.27. The van der Waals surface area contributed by atoms with E-state index in [1.54, 1.807) is 30.6 Å². The van der Waals surface area contributed by atoms with E-state index in [9.17, 15) is 9.59 Å². The molecule has 1 amide bonds. The second kappa shape index (κ2) is 6.13. The smallest absolute Gasteiger partial charge is 0.305 e. The summed E-state index contributed by atoms with van der Waals surface area (Å²) in [6.45, 7) is 1.78. The van der Waals surface area contributed by atoms with E-state index in [0.717, 1.165) is 18.6 Å². The van der Waals surface area contributed by atoms with Crippen LogP contribution < -0.4 is 0 Å². The molecule has 0 radical (unpaired) electrons. The van der Waals surface area contributed by atoms with E-state index in [0.29, 0.717) is 0 Å². The van der Waals surface area contributed by atoms with Gasteiger partial charge < -0.3 is 10.0 Å². The van der Waals surface area contributed by atoms with Gasteiger partial charge in [0, 0.05) is 13.1 Å². The quantitative estimate of drug-likeness (QED) is 0.817. The standard InChI is InChI=1S/C11H19NO3S/c1-8(7-10(13)14)12(2)11(15)9-5-3-4-6-16-9/h8-9H,3-7H2,1-2H3,(H,13,14). The van der Waals surface area contributed by atoms with Gasteiger partial charge >= 0.3 is 5.97 Å². The molecule has 0 aromatic rings. The van der Waals surface area contributed by atoms with Gasteiger partial charge in [-0.25, -0.2) is 0 Å². The third-order valence-corrected chi connectivity index (χ3v) is 4.30. The van der Waals surface area contributed by atoms with Crippen LogP contribution in [-0.2, 0) is 9.59 Å². The van der Waals surface area contributed by atoms with Gasteiger partial charge in [-0.1, -0.05) is 6.42 Å². The van der Waals surface area contributed by atoms with Crippen LogP contribution in [-0.4, -0.2) is 46.0 Å². The van der Waals surface area contributed by atoms with Crippen molar-refractivity contribution in [2.24, 2.45) is 0 Å². The Balaban J connectivity index is 2.48. The molecule has 92 valence electrons. The van der Waals surface area contributed by atoms with E-state index < -0.39 is 5.97 Å². The first-order chi connectivity index (χ1) is 7.52. The van der Waals surface area contributed by atoms with Crippen LogP contribution in [0.3, 0.4) is 0 Å². The predicted molar refractivity (Wildman–Crippen MR) is 64.6 cm³/mol. The van der Waals surface area contributed by atoms with Crippen molar-refractivity contribution in [2.45, 2.75) is 43.9 Å². The molecule has 2 atom stereocenters. The number of carboxylic acid groups (broad SMARTS) is 1. The van der Waals surface area contributed by atoms with Crippen LogP contribution in [0.25, 0.3) is 0 Å². The number of nitrogens with zero attached hydrogens (tertiary/aromatic N) is 1. The van der Waals surface area contributed by atoms with Gasteiger partial charge in [0.15, 0.2) is 0 Å². The first-order valence-electron chi connectivity index (χ1n) is 5.62. The number of carboxylic acids is 1. The van der Waals surface area contributed by atoms with E-state index in [2.05, 4.69) is 0 Å². The molecule has 0 saturated carbocycles. The summed E-state index contributed by atoms with van der Waals surface area (Å²) in [6.07, 6.45) is 3.22. The summed E-state index contributed by atoms with van der Waals surface area (Å²) in [7, 11) is 1.70. The van der Waals surface area contributed by atoms with Gasteiger partial charge in [0.2, 0.25) is 5.91 Å². The molecular weight excluding hydrogens is 226 g/mol. The fraction of sp³-hybridized carbons (Fsp3) is 0.818. The molecule has 0 aromatic heterocycles. The molecular formula is C11H19NO3S. The third-order valence-electron chi connectivity index (χ3n) is 2.93. The maximum Gasteiger partial charge on any atom is 0.305 e. The lowest BCUT2D eigenvalue weighted by atomic mass is 10.1. The lowest BCUT2D eigenvalue weighted by molar-refractivity contribution is -0.139. The summed E-state index contributed by atoms with van der Waals surface area (Å²) in [5, 5.41) is 8.72. The number of hydrogen-bond acceptors (Lipinski definition) is 3. The Kier molecular flexibility index (Phi) is 5.12. The van der Waals surface area contributed by atoms with E-state index in [-0.39, 0.29) is 23.6 Å². The predicted octanol–water partition coefficient (Wildman–Crippen LogP) is 1.59. The van der Waals surface area contributed by atoms with Crippen LogP contribution in [0.1, 0.15) is 32.6 Å². The van der Waals surface area contributed by atoms with E-state index in [4.69, 9.17) is 5.11 Å². The maximum atomic E-state index is 12.0. The minimum atomic E-state index is -0.858. The van der Waals surface area contributed by atoms with E-state index in [1.165, 1.54) is 6.42 Å². The highest BCUT2D eigenvalue weighted by Crippen LogP contribution is 2.26. The van der Waals surface area contributed by atoms with Crippen molar-refractivity contribution in [3.63, 3.8) is 0 Å². The van der Waals surface area contributed by atoms with Crippen molar-refractivity contribution in [1.29, 1.82) is 0 Å². The average molecular weight is 245 g/mol. The highest BCUT2D eigenvalue weighted by atomic mass is 32.2. The number of amides is 1. The molecule has 0 aromatic carbocycles. The fourth-order valence-corrected chi connectivity index (χ4v) is 3.07. The number of carbonyl (C=O) groups is 2. The van der Waals surface area contributed by atoms with Crippen molar-refractivity contribution >= 4 is 23.6 Å². The highest BCUT2D eigenvalue weighted by Gasteiger charge is 2.27. The summed E-state index contributed by atoms with van der Waals surface area (Å²) < 4.78 is 0. The van der Waals surface area contributed by atoms with Crippen molar-refractivity contribution < 1.29 is 14.7 Å². The van der Waals surface area contributed by atoms with Crippen LogP contribution in [0.5, 0.6) is 0 Å². The molecule has 2 unspecified atom stereocenters. The summed E-state index contributed by atoms with van der Waals surface area (Å²) in [5.74, 6) is 0.263. The highest BCUT2D eigenvalue weighted by molar-refractivity contribution is 8.00. The first-order valence-corrected chi connectivity index (χ1v) is 6.67. The van der Waals surface area contributed by atoms with Crippen LogP contribution in [0, 0.1) is 0 Å². The number of rotatable bonds is 4. The third kappa shape index (κ3) is 3.70. The summed E-state index contributed by atoms with van der Waals surface area (Å²) >= 11 is 1.70. The minimum Gasteiger partial charge on any atom is -0.481 e. The van der Waals surface area contributed by atoms with E-state index >= 15 is 0 Å². The monoisotopic (exact) mass is 245 g/mol. The molecule has 1 aliphatic rings. The second-order valence-electron chi connectivity index (χ2n) is 4.25. The normalized spacial score (nSPS) is 22.5. The Morgan fingerprint density at radius 3 is 2.69 bits per heavy atom. The fourth-order valence-electron chi connectivity index (χ4n) is 1.77. The molecule has 1 saturated heterocycles. The number of thioether (sulfide) groups is 1. The second-order valence-corrected chi connectivity index (χ2v) is 5.56. The molecule has 1 aliphatic heterocycles. The lowest BCUT2D eigenvalue weighted by Gasteiger charge is -2.29. The molecule has 1 fully saturated rings. The Morgan fingerprint density at radius 2 is 2.19 bits per heavy atom. The molecule has 4 nitrogen and oxygen atoms in total. The largest absolute Gasteiger partial charge is 0.481 e. The van der Waals surface area contributed by atoms with Crippen molar-refractivity contribution in [1.82, 2.24) is 4.90 Å². The molecule has 0 spiro atoms. The first kappa shape index (κ1) is 13.4. The Labute approximate surface area is 100 Å². The van der Waals surface area contributed by atoms with Gasteiger partial charge in [0.25, 0.3) is 0 Å². The number of carbonyl (C=O) groups excluding carboxylic acids is 1. The topological polar surface area (TPSA) is 57.6 Å². The SMILES string of the molecule is CC(CC(=O)O)N(C)C(=O)C1CCCCS1. The zero-order valence-electron chi connectivity index (χ0n) is 9.81. The van der Waals surface area contributed by atoms with Crippen molar-refractivity contribution in [2.75, 3.05) is 12.8 Å². The maximum absolute atomic E-state index is 12.0. The molecule has 1 N–H and O–H groups in total. The van der Waals surface area contributed by atoms with Gasteiger partial charge in [-0.15, -0.1) is 11.8 Å². The van der Waals surface area contributed by atoms with E-state index in [1.807, 2.05) is 0 Å². The molecule has 16 heavy (non-hydrogen) atoms. The Bertz CT molecular complexity index is 264. The zero-order chi connectivity index (χ0) is 12.1. The van der Waals surface area contributed by atoms with Crippen molar-refractivity contribution in [3.8, 4) is 0 Å². The Hall–Kier alpha value is -0.710. The number of hydrogen-bond donors (Lipinski definition) is 1. The van der Waals surface area contributed by atoms with Crippen molar-refractivity contribution in [3.05, 3.63) is 0 Å². The Morgan fingerprint density at radius 1 is 1.50 bits per heavy atom. The number of aliphatic carboxylic acids is 1. The van der Waals surface area contributed by atoms with Gasteiger partial charge in [-0.2, -0.15) is 0 Å². The van der Waals surface area contributed by atoms with Gasteiger partial charge in [-0.05, 0) is 25.5 Å². The molecule has 0 aliphatic carbocycles. The molecule has 0 bridgehead atoms. The van der Waals surface area contributed by atoms with Crippen LogP contribution >= 0.6 is 11.8 Å². The van der Waals surface area contributed by atoms with Gasteiger partial charge in [-0.3, -0.25) is 9.59 Å². The summed E-state index contributed by atoms with van der Waals surface area (Å²) in [5.41, 5.74) is 0. The molecule has 1 rings (SSSR count). The lowest BCUT2D eigenvalue weighted by Crippen LogP contribution is -2.42. The molecule has 5 heteroatoms. The van der Waals surface area contributed by atoms with Crippen LogP contribution in [0.2, 0.25) is 0 Å². The van der Waals surface area contributed by atoms with Gasteiger partial charge in [0.1, 0.15) is 0 Å². The van der Waals surface area contributed by atoms with Crippen LogP contribution in [0.4, 0.5) is 0 Å². The summed E-state index contributed by atoms with van der Waals surface area (Å²) in [4.78, 5) is 24.2. The minimum absolute atomic E-state index is 0.0135.